The van der Waals surface area contributed by atoms with E-state index in [0.717, 1.165) is 41.1 Å². The van der Waals surface area contributed by atoms with Crippen molar-refractivity contribution in [2.45, 2.75) is 26.7 Å². The molecule has 136 valence electrons. The van der Waals surface area contributed by atoms with Gasteiger partial charge in [-0.2, -0.15) is 4.98 Å². The number of aromatic nitrogens is 2. The van der Waals surface area contributed by atoms with E-state index in [9.17, 15) is 4.79 Å². The summed E-state index contributed by atoms with van der Waals surface area (Å²) in [5, 5.41) is 1.11. The first-order valence-electron chi connectivity index (χ1n) is 8.39. The molecular weight excluding hydrogens is 362 g/mol. The van der Waals surface area contributed by atoms with Crippen LogP contribution in [0.4, 0.5) is 5.82 Å². The Bertz CT molecular complexity index is 780. The van der Waals surface area contributed by atoms with E-state index in [0.29, 0.717) is 17.4 Å². The highest BCUT2D eigenvalue weighted by Gasteiger charge is 2.26. The van der Waals surface area contributed by atoms with Gasteiger partial charge in [-0.05, 0) is 42.8 Å². The molecule has 1 saturated heterocycles. The Labute approximate surface area is 156 Å². The third kappa shape index (κ3) is 3.88. The average Bonchev–Trinajstić information content (AvgIpc) is 2.91. The Hall–Kier alpha value is -1.44. The van der Waals surface area contributed by atoms with Crippen molar-refractivity contribution in [3.63, 3.8) is 0 Å². The summed E-state index contributed by atoms with van der Waals surface area (Å²) in [5.41, 5.74) is 0.854. The van der Waals surface area contributed by atoms with Gasteiger partial charge in [0.2, 0.25) is 5.28 Å². The predicted octanol–water partition coefficient (Wildman–Crippen LogP) is 3.69. The topological polar surface area (TPSA) is 64.5 Å². The second-order valence-corrected chi connectivity index (χ2v) is 7.71. The zero-order valence-corrected chi connectivity index (χ0v) is 16.2. The fourth-order valence-electron chi connectivity index (χ4n) is 3.18. The average molecular weight is 384 g/mol. The number of anilines is 1. The molecular formula is C17H22ClN3O3S. The zero-order chi connectivity index (χ0) is 18.0. The van der Waals surface area contributed by atoms with E-state index in [1.54, 1.807) is 7.11 Å². The quantitative estimate of drug-likeness (QED) is 0.445. The van der Waals surface area contributed by atoms with Crippen molar-refractivity contribution in [1.29, 1.82) is 0 Å². The van der Waals surface area contributed by atoms with Crippen molar-refractivity contribution in [1.82, 2.24) is 9.97 Å². The van der Waals surface area contributed by atoms with Crippen molar-refractivity contribution in [3.8, 4) is 0 Å². The molecule has 2 aromatic rings. The first kappa shape index (κ1) is 18.4. The fraction of sp³-hybridized carbons (Fsp3) is 0.588. The molecule has 0 saturated carbocycles. The summed E-state index contributed by atoms with van der Waals surface area (Å²) in [5.74, 6) is 1.08. The summed E-state index contributed by atoms with van der Waals surface area (Å²) < 4.78 is 10.2. The molecule has 6 nitrogen and oxygen atoms in total. The number of thiophene rings is 1. The van der Waals surface area contributed by atoms with Crippen molar-refractivity contribution in [3.05, 3.63) is 15.7 Å². The lowest BCUT2D eigenvalue weighted by molar-refractivity contribution is 0.0393. The molecule has 3 heterocycles. The van der Waals surface area contributed by atoms with E-state index in [2.05, 4.69) is 21.8 Å². The molecule has 0 bridgehead atoms. The first-order chi connectivity index (χ1) is 12.0. The van der Waals surface area contributed by atoms with E-state index in [1.165, 1.54) is 17.8 Å². The van der Waals surface area contributed by atoms with Gasteiger partial charge in [0.1, 0.15) is 22.1 Å². The highest BCUT2D eigenvalue weighted by atomic mass is 35.5. The number of hydrogen-bond donors (Lipinski definition) is 0. The van der Waals surface area contributed by atoms with E-state index >= 15 is 0 Å². The van der Waals surface area contributed by atoms with Crippen molar-refractivity contribution < 1.29 is 14.3 Å². The van der Waals surface area contributed by atoms with Crippen LogP contribution in [0.25, 0.3) is 10.2 Å². The van der Waals surface area contributed by atoms with Crippen LogP contribution >= 0.6 is 22.9 Å². The van der Waals surface area contributed by atoms with Gasteiger partial charge in [-0.1, -0.05) is 6.92 Å². The molecule has 0 aliphatic carbocycles. The SMILES string of the molecule is COCCOC(=O)c1sc2nc(Cl)nc(N3CCCC(C)C3)c2c1C. The molecule has 8 heteroatoms. The van der Waals surface area contributed by atoms with Crippen LogP contribution in [0.1, 0.15) is 35.0 Å². The van der Waals surface area contributed by atoms with Crippen LogP contribution in [-0.4, -0.2) is 49.4 Å². The minimum absolute atomic E-state index is 0.210. The maximum atomic E-state index is 12.4. The maximum Gasteiger partial charge on any atom is 0.348 e. The van der Waals surface area contributed by atoms with Crippen molar-refractivity contribution in [2.75, 3.05) is 38.3 Å². The molecule has 0 N–H and O–H groups in total. The highest BCUT2D eigenvalue weighted by molar-refractivity contribution is 7.20. The van der Waals surface area contributed by atoms with E-state index in [1.807, 2.05) is 6.92 Å². The third-order valence-corrected chi connectivity index (χ3v) is 5.74. The lowest BCUT2D eigenvalue weighted by Crippen LogP contribution is -2.35. The van der Waals surface area contributed by atoms with Crippen LogP contribution in [0.2, 0.25) is 5.28 Å². The van der Waals surface area contributed by atoms with Gasteiger partial charge in [0.05, 0.1) is 12.0 Å². The minimum atomic E-state index is -0.355. The monoisotopic (exact) mass is 383 g/mol. The number of nitrogens with zero attached hydrogens (tertiary/aromatic N) is 3. The predicted molar refractivity (Wildman–Crippen MR) is 99.9 cm³/mol. The standard InChI is InChI=1S/C17H22ClN3O3S/c1-10-5-4-6-21(9-10)14-12-11(2)13(16(22)24-8-7-23-3)25-15(12)20-17(18)19-14/h10H,4-9H2,1-3H3. The molecule has 2 aromatic heterocycles. The Morgan fingerprint density at radius 2 is 2.20 bits per heavy atom. The normalized spacial score (nSPS) is 17.9. The summed E-state index contributed by atoms with van der Waals surface area (Å²) >= 11 is 7.45. The molecule has 0 spiro atoms. The van der Waals surface area contributed by atoms with Crippen LogP contribution in [0.3, 0.4) is 0 Å². The van der Waals surface area contributed by atoms with Gasteiger partial charge in [-0.15, -0.1) is 11.3 Å². The lowest BCUT2D eigenvalue weighted by Gasteiger charge is -2.32. The number of methoxy groups -OCH3 is 1. The van der Waals surface area contributed by atoms with Crippen LogP contribution in [0, 0.1) is 12.8 Å². The number of halogens is 1. The van der Waals surface area contributed by atoms with Crippen LogP contribution in [0.15, 0.2) is 0 Å². The molecule has 1 aliphatic rings. The highest BCUT2D eigenvalue weighted by Crippen LogP contribution is 2.37. The van der Waals surface area contributed by atoms with E-state index in [-0.39, 0.29) is 17.9 Å². The second kappa shape index (κ2) is 7.85. The molecule has 25 heavy (non-hydrogen) atoms. The van der Waals surface area contributed by atoms with Gasteiger partial charge in [0.15, 0.2) is 0 Å². The van der Waals surface area contributed by atoms with Crippen molar-refractivity contribution >= 4 is 44.9 Å². The van der Waals surface area contributed by atoms with Gasteiger partial charge >= 0.3 is 5.97 Å². The summed E-state index contributed by atoms with van der Waals surface area (Å²) in [6.45, 7) is 6.64. The molecule has 0 amide bonds. The number of rotatable bonds is 5. The van der Waals surface area contributed by atoms with Gasteiger partial charge in [-0.25, -0.2) is 9.78 Å². The van der Waals surface area contributed by atoms with Gasteiger partial charge < -0.3 is 14.4 Å². The largest absolute Gasteiger partial charge is 0.459 e. The molecule has 1 aliphatic heterocycles. The smallest absolute Gasteiger partial charge is 0.348 e. The maximum absolute atomic E-state index is 12.4. The van der Waals surface area contributed by atoms with Crippen LogP contribution in [-0.2, 0) is 9.47 Å². The van der Waals surface area contributed by atoms with Crippen molar-refractivity contribution in [2.24, 2.45) is 5.92 Å². The molecule has 1 fully saturated rings. The molecule has 1 unspecified atom stereocenters. The molecule has 0 aromatic carbocycles. The summed E-state index contributed by atoms with van der Waals surface area (Å²) in [6, 6.07) is 0. The zero-order valence-electron chi connectivity index (χ0n) is 14.7. The van der Waals surface area contributed by atoms with Gasteiger partial charge in [0, 0.05) is 20.2 Å². The summed E-state index contributed by atoms with van der Waals surface area (Å²) in [7, 11) is 1.57. The Balaban J connectivity index is 1.99. The number of piperidine rings is 1. The van der Waals surface area contributed by atoms with E-state index < -0.39 is 0 Å². The Kier molecular flexibility index (Phi) is 5.76. The number of esters is 1. The first-order valence-corrected chi connectivity index (χ1v) is 9.58. The summed E-state index contributed by atoms with van der Waals surface area (Å²) in [4.78, 5) is 24.7. The number of ether oxygens (including phenoxy) is 2. The third-order valence-electron chi connectivity index (χ3n) is 4.41. The number of carbonyl (C=O) groups excluding carboxylic acids is 1. The Morgan fingerprint density at radius 1 is 1.40 bits per heavy atom. The Morgan fingerprint density at radius 3 is 2.92 bits per heavy atom. The fourth-order valence-corrected chi connectivity index (χ4v) is 4.46. The lowest BCUT2D eigenvalue weighted by atomic mass is 10.00. The van der Waals surface area contributed by atoms with Crippen LogP contribution < -0.4 is 4.90 Å². The van der Waals surface area contributed by atoms with Gasteiger partial charge in [-0.3, -0.25) is 0 Å². The van der Waals surface area contributed by atoms with Crippen LogP contribution in [0.5, 0.6) is 0 Å². The number of fused-ring (bicyclic) bond motifs is 1. The van der Waals surface area contributed by atoms with Gasteiger partial charge in [0.25, 0.3) is 0 Å². The van der Waals surface area contributed by atoms with E-state index in [4.69, 9.17) is 21.1 Å². The second-order valence-electron chi connectivity index (χ2n) is 6.37. The number of carbonyl (C=O) groups is 1. The number of aryl methyl sites for hydroxylation is 1. The summed E-state index contributed by atoms with van der Waals surface area (Å²) in [6.07, 6.45) is 2.34. The minimum Gasteiger partial charge on any atom is -0.459 e. The molecule has 1 atom stereocenters. The molecule has 3 rings (SSSR count). The molecule has 0 radical (unpaired) electrons. The number of hydrogen-bond acceptors (Lipinski definition) is 7.